The minimum Gasteiger partial charge on any atom is -0.355 e. The van der Waals surface area contributed by atoms with E-state index in [0.29, 0.717) is 24.9 Å². The molecule has 2 atom stereocenters. The van der Waals surface area contributed by atoms with E-state index in [9.17, 15) is 4.79 Å². The number of anilines is 2. The highest BCUT2D eigenvalue weighted by molar-refractivity contribution is 7.16. The molecule has 2 aliphatic rings. The molecule has 6 nitrogen and oxygen atoms in total. The van der Waals surface area contributed by atoms with Crippen molar-refractivity contribution >= 4 is 49.7 Å². The molecule has 184 valence electrons. The van der Waals surface area contributed by atoms with Gasteiger partial charge in [-0.1, -0.05) is 12.1 Å². The lowest BCUT2D eigenvalue weighted by Gasteiger charge is -2.18. The zero-order valence-electron chi connectivity index (χ0n) is 19.9. The molecule has 37 heavy (non-hydrogen) atoms. The molecule has 5 aromatic rings. The molecule has 0 spiro atoms. The van der Waals surface area contributed by atoms with Crippen molar-refractivity contribution in [1.29, 1.82) is 0 Å². The van der Waals surface area contributed by atoms with E-state index in [-0.39, 0.29) is 11.5 Å². The fraction of sp³-hybridized carbons (Fsp3) is 0.207. The third-order valence-corrected chi connectivity index (χ3v) is 8.37. The second kappa shape index (κ2) is 8.90. The van der Waals surface area contributed by atoms with Crippen LogP contribution in [0.15, 0.2) is 72.4 Å². The number of pyridine rings is 1. The van der Waals surface area contributed by atoms with Gasteiger partial charge in [-0.25, -0.2) is 9.37 Å². The smallest absolute Gasteiger partial charge is 0.256 e. The molecule has 0 bridgehead atoms. The quantitative estimate of drug-likeness (QED) is 0.326. The highest BCUT2D eigenvalue weighted by Crippen LogP contribution is 2.33. The van der Waals surface area contributed by atoms with E-state index in [1.807, 2.05) is 48.0 Å². The minimum absolute atomic E-state index is 0.138. The molecule has 7 rings (SSSR count). The van der Waals surface area contributed by atoms with E-state index in [1.54, 1.807) is 28.5 Å². The number of carbonyl (C=O) groups excluding carboxylic acids is 1. The standard InChI is InChI=1S/C29H24FN5OS/c30-24-10-18(1-4-22(24)29(36)35-14-19-12-31-13-20(19)15-35)17-2-5-25-23(9-17)26(7-8-32-25)34-21-3-6-28-27(11-21)33-16-37-28/h1-11,16,19-20,31H,12-15H2,(H,32,34). The van der Waals surface area contributed by atoms with Crippen LogP contribution in [-0.2, 0) is 0 Å². The van der Waals surface area contributed by atoms with Crippen molar-refractivity contribution in [2.45, 2.75) is 0 Å². The van der Waals surface area contributed by atoms with Gasteiger partial charge in [0.25, 0.3) is 5.91 Å². The van der Waals surface area contributed by atoms with Crippen LogP contribution in [-0.4, -0.2) is 47.0 Å². The number of halogens is 1. The second-order valence-corrected chi connectivity index (χ2v) is 10.7. The number of likely N-dealkylation sites (tertiary alicyclic amines) is 1. The summed E-state index contributed by atoms with van der Waals surface area (Å²) in [5.74, 6) is 0.246. The Bertz CT molecular complexity index is 1660. The molecule has 8 heteroatoms. The fourth-order valence-corrected chi connectivity index (χ4v) is 6.24. The third-order valence-electron chi connectivity index (χ3n) is 7.56. The summed E-state index contributed by atoms with van der Waals surface area (Å²) in [6.45, 7) is 3.26. The van der Waals surface area contributed by atoms with Crippen molar-refractivity contribution in [2.75, 3.05) is 31.5 Å². The molecule has 0 radical (unpaired) electrons. The van der Waals surface area contributed by atoms with Gasteiger partial charge < -0.3 is 15.5 Å². The number of hydrogen-bond donors (Lipinski definition) is 2. The summed E-state index contributed by atoms with van der Waals surface area (Å²) in [7, 11) is 0. The number of nitrogens with zero attached hydrogens (tertiary/aromatic N) is 3. The Hall–Kier alpha value is -3.88. The Kier molecular flexibility index (Phi) is 5.37. The molecule has 4 heterocycles. The molecule has 2 unspecified atom stereocenters. The molecular weight excluding hydrogens is 485 g/mol. The fourth-order valence-electron chi connectivity index (χ4n) is 5.59. The molecule has 3 aromatic carbocycles. The number of thiazole rings is 1. The second-order valence-electron chi connectivity index (χ2n) is 9.83. The van der Waals surface area contributed by atoms with Crippen LogP contribution in [0.4, 0.5) is 15.8 Å². The lowest BCUT2D eigenvalue weighted by atomic mass is 10.0. The molecule has 0 saturated carbocycles. The molecule has 0 aliphatic carbocycles. The maximum Gasteiger partial charge on any atom is 0.256 e. The van der Waals surface area contributed by atoms with Crippen LogP contribution in [0.2, 0.25) is 0 Å². The van der Waals surface area contributed by atoms with Gasteiger partial charge in [0.2, 0.25) is 0 Å². The molecule has 2 fully saturated rings. The number of nitrogens with one attached hydrogen (secondary N) is 2. The number of rotatable bonds is 4. The third kappa shape index (κ3) is 4.02. The summed E-state index contributed by atoms with van der Waals surface area (Å²) in [6.07, 6.45) is 1.77. The lowest BCUT2D eigenvalue weighted by molar-refractivity contribution is 0.0777. The predicted octanol–water partition coefficient (Wildman–Crippen LogP) is 5.69. The first kappa shape index (κ1) is 22.3. The van der Waals surface area contributed by atoms with Crippen molar-refractivity contribution in [3.8, 4) is 11.1 Å². The Morgan fingerprint density at radius 3 is 2.59 bits per heavy atom. The summed E-state index contributed by atoms with van der Waals surface area (Å²) in [5, 5.41) is 7.79. The van der Waals surface area contributed by atoms with Gasteiger partial charge in [-0.15, -0.1) is 11.3 Å². The molecule has 2 N–H and O–H groups in total. The largest absolute Gasteiger partial charge is 0.355 e. The highest BCUT2D eigenvalue weighted by atomic mass is 32.1. The van der Waals surface area contributed by atoms with Crippen LogP contribution in [0.5, 0.6) is 0 Å². The Labute approximate surface area is 217 Å². The van der Waals surface area contributed by atoms with Crippen molar-refractivity contribution in [3.05, 3.63) is 83.8 Å². The summed E-state index contributed by atoms with van der Waals surface area (Å²) >= 11 is 1.61. The van der Waals surface area contributed by atoms with Gasteiger partial charge in [-0.2, -0.15) is 0 Å². The van der Waals surface area contributed by atoms with Crippen molar-refractivity contribution < 1.29 is 9.18 Å². The lowest BCUT2D eigenvalue weighted by Crippen LogP contribution is -2.32. The zero-order chi connectivity index (χ0) is 24.9. The predicted molar refractivity (Wildman–Crippen MR) is 146 cm³/mol. The minimum atomic E-state index is -0.487. The van der Waals surface area contributed by atoms with Gasteiger partial charge >= 0.3 is 0 Å². The number of carbonyl (C=O) groups is 1. The normalized spacial score (nSPS) is 19.0. The van der Waals surface area contributed by atoms with Crippen LogP contribution < -0.4 is 10.6 Å². The van der Waals surface area contributed by atoms with Crippen LogP contribution >= 0.6 is 11.3 Å². The molecular formula is C29H24FN5OS. The number of aromatic nitrogens is 2. The van der Waals surface area contributed by atoms with Gasteiger partial charge in [-0.05, 0) is 71.5 Å². The number of benzene rings is 3. The monoisotopic (exact) mass is 509 g/mol. The average molecular weight is 510 g/mol. The number of hydrogen-bond acceptors (Lipinski definition) is 6. The van der Waals surface area contributed by atoms with E-state index in [2.05, 4.69) is 26.7 Å². The van der Waals surface area contributed by atoms with Gasteiger partial charge in [0, 0.05) is 49.1 Å². The Morgan fingerprint density at radius 1 is 0.946 bits per heavy atom. The summed E-state index contributed by atoms with van der Waals surface area (Å²) in [4.78, 5) is 23.8. The van der Waals surface area contributed by atoms with Crippen molar-refractivity contribution in [1.82, 2.24) is 20.2 Å². The molecule has 2 saturated heterocycles. The zero-order valence-corrected chi connectivity index (χ0v) is 20.8. The van der Waals surface area contributed by atoms with Crippen LogP contribution in [0.3, 0.4) is 0 Å². The molecule has 2 aromatic heterocycles. The topological polar surface area (TPSA) is 70.2 Å². The van der Waals surface area contributed by atoms with Crippen LogP contribution in [0.25, 0.3) is 32.2 Å². The number of fused-ring (bicyclic) bond motifs is 3. The first-order chi connectivity index (χ1) is 18.1. The Morgan fingerprint density at radius 2 is 1.76 bits per heavy atom. The van der Waals surface area contributed by atoms with Crippen LogP contribution in [0, 0.1) is 17.7 Å². The van der Waals surface area contributed by atoms with Gasteiger partial charge in [0.15, 0.2) is 0 Å². The molecule has 2 aliphatic heterocycles. The van der Waals surface area contributed by atoms with Gasteiger partial charge in [0.05, 0.1) is 26.8 Å². The maximum absolute atomic E-state index is 15.2. The van der Waals surface area contributed by atoms with E-state index in [0.717, 1.165) is 56.7 Å². The van der Waals surface area contributed by atoms with Crippen molar-refractivity contribution in [3.63, 3.8) is 0 Å². The SMILES string of the molecule is O=C(c1ccc(-c2ccc3nccc(Nc4ccc5scnc5c4)c3c2)cc1F)N1CC2CNCC2C1. The highest BCUT2D eigenvalue weighted by Gasteiger charge is 2.38. The van der Waals surface area contributed by atoms with E-state index in [1.165, 1.54) is 6.07 Å². The summed E-state index contributed by atoms with van der Waals surface area (Å²) < 4.78 is 16.4. The molecule has 1 amide bonds. The summed E-state index contributed by atoms with van der Waals surface area (Å²) in [6, 6.07) is 18.8. The Balaban J connectivity index is 1.18. The van der Waals surface area contributed by atoms with Crippen LogP contribution in [0.1, 0.15) is 10.4 Å². The first-order valence-electron chi connectivity index (χ1n) is 12.4. The summed E-state index contributed by atoms with van der Waals surface area (Å²) in [5.41, 5.74) is 7.19. The van der Waals surface area contributed by atoms with E-state index < -0.39 is 5.82 Å². The average Bonchev–Trinajstić information content (AvgIpc) is 3.65. The number of amides is 1. The van der Waals surface area contributed by atoms with E-state index >= 15 is 4.39 Å². The van der Waals surface area contributed by atoms with E-state index in [4.69, 9.17) is 0 Å². The van der Waals surface area contributed by atoms with Gasteiger partial charge in [0.1, 0.15) is 5.82 Å². The van der Waals surface area contributed by atoms with Gasteiger partial charge in [-0.3, -0.25) is 9.78 Å². The van der Waals surface area contributed by atoms with Crippen molar-refractivity contribution in [2.24, 2.45) is 11.8 Å². The maximum atomic E-state index is 15.2. The first-order valence-corrected chi connectivity index (χ1v) is 13.3.